The molecule has 1 unspecified atom stereocenters. The maximum atomic E-state index is 12.4. The van der Waals surface area contributed by atoms with Crippen molar-refractivity contribution in [2.24, 2.45) is 0 Å². The molecule has 1 amide bonds. The van der Waals surface area contributed by atoms with Gasteiger partial charge in [0.2, 0.25) is 5.91 Å². The van der Waals surface area contributed by atoms with Crippen molar-refractivity contribution in [2.45, 2.75) is 38.6 Å². The lowest BCUT2D eigenvalue weighted by molar-refractivity contribution is -0.122. The van der Waals surface area contributed by atoms with Crippen LogP contribution in [0.1, 0.15) is 31.7 Å². The smallest absolute Gasteiger partial charge is 0.246 e. The maximum absolute atomic E-state index is 12.4. The first-order chi connectivity index (χ1) is 9.57. The van der Waals surface area contributed by atoms with Gasteiger partial charge in [-0.1, -0.05) is 17.4 Å². The second-order valence-electron chi connectivity index (χ2n) is 5.66. The molecule has 1 fully saturated rings. The zero-order valence-corrected chi connectivity index (χ0v) is 13.9. The first-order valence-electron chi connectivity index (χ1n) is 7.00. The van der Waals surface area contributed by atoms with Gasteiger partial charge in [0.1, 0.15) is 0 Å². The molecular weight excluding hydrogens is 306 g/mol. The van der Waals surface area contributed by atoms with Crippen LogP contribution in [0.5, 0.6) is 0 Å². The Bertz CT molecular complexity index is 649. The summed E-state index contributed by atoms with van der Waals surface area (Å²) in [4.78, 5) is 16.9. The van der Waals surface area contributed by atoms with Crippen molar-refractivity contribution in [1.29, 1.82) is 0 Å². The van der Waals surface area contributed by atoms with Crippen LogP contribution in [0, 0.1) is 6.92 Å². The molecule has 0 bridgehead atoms. The fourth-order valence-electron chi connectivity index (χ4n) is 2.57. The molecule has 2 aromatic rings. The van der Waals surface area contributed by atoms with Crippen LogP contribution in [-0.4, -0.2) is 23.0 Å². The van der Waals surface area contributed by atoms with Crippen molar-refractivity contribution in [1.82, 2.24) is 10.3 Å². The number of carbonyl (C=O) groups is 1. The molecular formula is C15H20ClN3OS. The molecule has 21 heavy (non-hydrogen) atoms. The monoisotopic (exact) mass is 325 g/mol. The summed E-state index contributed by atoms with van der Waals surface area (Å²) in [6, 6.07) is 6.14. The molecule has 0 spiro atoms. The van der Waals surface area contributed by atoms with E-state index in [1.165, 1.54) is 16.9 Å². The molecule has 1 aliphatic heterocycles. The molecule has 0 aliphatic carbocycles. The summed E-state index contributed by atoms with van der Waals surface area (Å²) in [5, 5.41) is 6.97. The van der Waals surface area contributed by atoms with Gasteiger partial charge in [-0.3, -0.25) is 4.79 Å². The second-order valence-corrected chi connectivity index (χ2v) is 6.69. The number of fused-ring (bicyclic) bond motifs is 1. The SMILES string of the molecule is Cc1ccc2nc(NC(=O)C3(C)CCCCN3)sc2c1.Cl. The Hall–Kier alpha value is -1.17. The first-order valence-corrected chi connectivity index (χ1v) is 7.82. The number of nitrogens with one attached hydrogen (secondary N) is 2. The number of carbonyl (C=O) groups excluding carboxylic acids is 1. The highest BCUT2D eigenvalue weighted by atomic mass is 35.5. The van der Waals surface area contributed by atoms with Crippen LogP contribution in [0.25, 0.3) is 10.2 Å². The molecule has 1 aromatic carbocycles. The average Bonchev–Trinajstić information content (AvgIpc) is 2.81. The number of anilines is 1. The van der Waals surface area contributed by atoms with Crippen molar-refractivity contribution in [3.8, 4) is 0 Å². The Balaban J connectivity index is 0.00000161. The zero-order valence-electron chi connectivity index (χ0n) is 12.2. The van der Waals surface area contributed by atoms with Crippen LogP contribution in [-0.2, 0) is 4.79 Å². The Morgan fingerprint density at radius 2 is 2.24 bits per heavy atom. The quantitative estimate of drug-likeness (QED) is 0.888. The third-order valence-electron chi connectivity index (χ3n) is 3.88. The number of benzene rings is 1. The van der Waals surface area contributed by atoms with Crippen molar-refractivity contribution in [3.63, 3.8) is 0 Å². The van der Waals surface area contributed by atoms with E-state index in [0.29, 0.717) is 5.13 Å². The molecule has 2 heterocycles. The minimum atomic E-state index is -0.466. The largest absolute Gasteiger partial charge is 0.304 e. The van der Waals surface area contributed by atoms with E-state index in [1.54, 1.807) is 0 Å². The number of piperidine rings is 1. The third-order valence-corrected chi connectivity index (χ3v) is 4.82. The number of rotatable bonds is 2. The fraction of sp³-hybridized carbons (Fsp3) is 0.467. The number of thiazole rings is 1. The molecule has 3 rings (SSSR count). The van der Waals surface area contributed by atoms with E-state index < -0.39 is 5.54 Å². The van der Waals surface area contributed by atoms with Crippen molar-refractivity contribution in [3.05, 3.63) is 23.8 Å². The topological polar surface area (TPSA) is 54.0 Å². The lowest BCUT2D eigenvalue weighted by atomic mass is 9.90. The van der Waals surface area contributed by atoms with Gasteiger partial charge in [-0.05, 0) is 57.4 Å². The Kier molecular flexibility index (Phi) is 4.86. The highest BCUT2D eigenvalue weighted by Crippen LogP contribution is 2.28. The van der Waals surface area contributed by atoms with E-state index in [9.17, 15) is 4.79 Å². The van der Waals surface area contributed by atoms with E-state index >= 15 is 0 Å². The molecule has 114 valence electrons. The number of aromatic nitrogens is 1. The molecule has 2 N–H and O–H groups in total. The molecule has 6 heteroatoms. The van der Waals surface area contributed by atoms with E-state index in [4.69, 9.17) is 0 Å². The fourth-order valence-corrected chi connectivity index (χ4v) is 3.53. The second kappa shape index (κ2) is 6.30. The summed E-state index contributed by atoms with van der Waals surface area (Å²) in [5.74, 6) is 0.0213. The van der Waals surface area contributed by atoms with Crippen LogP contribution in [0.2, 0.25) is 0 Å². The standard InChI is InChI=1S/C15H19N3OS.ClH/c1-10-5-6-11-12(9-10)20-14(17-11)18-13(19)15(2)7-3-4-8-16-15;/h5-6,9,16H,3-4,7-8H2,1-2H3,(H,17,18,19);1H. The van der Waals surface area contributed by atoms with Crippen LogP contribution < -0.4 is 10.6 Å². The number of halogens is 1. The van der Waals surface area contributed by atoms with Gasteiger partial charge in [-0.25, -0.2) is 4.98 Å². The first kappa shape index (κ1) is 16.2. The van der Waals surface area contributed by atoms with Crippen LogP contribution in [0.4, 0.5) is 5.13 Å². The van der Waals surface area contributed by atoms with Crippen LogP contribution in [0.15, 0.2) is 18.2 Å². The van der Waals surface area contributed by atoms with Crippen molar-refractivity contribution >= 4 is 45.0 Å². The molecule has 1 aromatic heterocycles. The van der Waals surface area contributed by atoms with E-state index in [-0.39, 0.29) is 18.3 Å². The predicted octanol–water partition coefficient (Wildman–Crippen LogP) is 3.50. The molecule has 4 nitrogen and oxygen atoms in total. The predicted molar refractivity (Wildman–Crippen MR) is 90.5 cm³/mol. The number of aryl methyl sites for hydroxylation is 1. The van der Waals surface area contributed by atoms with Gasteiger partial charge in [-0.15, -0.1) is 12.4 Å². The zero-order chi connectivity index (χ0) is 14.2. The Morgan fingerprint density at radius 3 is 2.95 bits per heavy atom. The molecule has 0 radical (unpaired) electrons. The van der Waals surface area contributed by atoms with E-state index in [2.05, 4.69) is 28.6 Å². The maximum Gasteiger partial charge on any atom is 0.246 e. The van der Waals surface area contributed by atoms with Crippen LogP contribution in [0.3, 0.4) is 0 Å². The van der Waals surface area contributed by atoms with Gasteiger partial charge in [0, 0.05) is 0 Å². The van der Waals surface area contributed by atoms with Crippen molar-refractivity contribution < 1.29 is 4.79 Å². The third kappa shape index (κ3) is 3.36. The van der Waals surface area contributed by atoms with Gasteiger partial charge in [-0.2, -0.15) is 0 Å². The normalized spacial score (nSPS) is 21.8. The molecule has 1 saturated heterocycles. The minimum Gasteiger partial charge on any atom is -0.304 e. The lowest BCUT2D eigenvalue weighted by Crippen LogP contribution is -2.54. The summed E-state index contributed by atoms with van der Waals surface area (Å²) >= 11 is 1.53. The summed E-state index contributed by atoms with van der Waals surface area (Å²) in [6.45, 7) is 4.94. The van der Waals surface area contributed by atoms with Gasteiger partial charge >= 0.3 is 0 Å². The van der Waals surface area contributed by atoms with E-state index in [0.717, 1.165) is 36.0 Å². The van der Waals surface area contributed by atoms with Gasteiger partial charge in [0.25, 0.3) is 0 Å². The van der Waals surface area contributed by atoms with E-state index in [1.807, 2.05) is 19.1 Å². The summed E-state index contributed by atoms with van der Waals surface area (Å²) in [7, 11) is 0. The van der Waals surface area contributed by atoms with Crippen molar-refractivity contribution in [2.75, 3.05) is 11.9 Å². The van der Waals surface area contributed by atoms with Gasteiger partial charge in [0.05, 0.1) is 15.8 Å². The minimum absolute atomic E-state index is 0. The number of nitrogens with zero attached hydrogens (tertiary/aromatic N) is 1. The van der Waals surface area contributed by atoms with Gasteiger partial charge < -0.3 is 10.6 Å². The molecule has 0 saturated carbocycles. The molecule has 1 atom stereocenters. The lowest BCUT2D eigenvalue weighted by Gasteiger charge is -2.33. The number of hydrogen-bond acceptors (Lipinski definition) is 4. The number of hydrogen-bond donors (Lipinski definition) is 2. The molecule has 1 aliphatic rings. The summed E-state index contributed by atoms with van der Waals surface area (Å²) < 4.78 is 1.11. The van der Waals surface area contributed by atoms with Crippen LogP contribution >= 0.6 is 23.7 Å². The Morgan fingerprint density at radius 1 is 1.43 bits per heavy atom. The van der Waals surface area contributed by atoms with Gasteiger partial charge in [0.15, 0.2) is 5.13 Å². The number of amides is 1. The highest BCUT2D eigenvalue weighted by molar-refractivity contribution is 7.22. The summed E-state index contributed by atoms with van der Waals surface area (Å²) in [5.41, 5.74) is 1.68. The summed E-state index contributed by atoms with van der Waals surface area (Å²) in [6.07, 6.45) is 3.11. The average molecular weight is 326 g/mol. The highest BCUT2D eigenvalue weighted by Gasteiger charge is 2.34. The Labute approximate surface area is 134 Å².